The van der Waals surface area contributed by atoms with Crippen molar-refractivity contribution in [3.8, 4) is 0 Å². The van der Waals surface area contributed by atoms with Gasteiger partial charge in [-0.3, -0.25) is 4.79 Å². The van der Waals surface area contributed by atoms with Crippen molar-refractivity contribution < 1.29 is 4.79 Å². The average molecular weight is 301 g/mol. The molecule has 1 atom stereocenters. The highest BCUT2D eigenvalue weighted by Gasteiger charge is 2.28. The molecule has 3 rings (SSSR count). The first-order valence-electron chi connectivity index (χ1n) is 8.67. The number of carbonyl (C=O) groups excluding carboxylic acids is 1. The second kappa shape index (κ2) is 7.12. The van der Waals surface area contributed by atoms with Gasteiger partial charge in [-0.1, -0.05) is 12.5 Å². The lowest BCUT2D eigenvalue weighted by atomic mass is 9.85. The Morgan fingerprint density at radius 2 is 2.23 bits per heavy atom. The predicted molar refractivity (Wildman–Crippen MR) is 87.6 cm³/mol. The van der Waals surface area contributed by atoms with Crippen molar-refractivity contribution in [2.45, 2.75) is 57.4 Å². The highest BCUT2D eigenvalue weighted by atomic mass is 16.2. The predicted octanol–water partition coefficient (Wildman–Crippen LogP) is 3.36. The van der Waals surface area contributed by atoms with E-state index < -0.39 is 0 Å². The van der Waals surface area contributed by atoms with E-state index in [2.05, 4.69) is 22.3 Å². The van der Waals surface area contributed by atoms with Gasteiger partial charge in [0.15, 0.2) is 0 Å². The zero-order chi connectivity index (χ0) is 15.4. The number of piperidine rings is 1. The molecule has 1 saturated carbocycles. The van der Waals surface area contributed by atoms with Crippen LogP contribution < -0.4 is 0 Å². The first kappa shape index (κ1) is 15.3. The molecule has 1 aromatic heterocycles. The summed E-state index contributed by atoms with van der Waals surface area (Å²) in [6, 6.07) is 0. The minimum atomic E-state index is 0.265. The van der Waals surface area contributed by atoms with Crippen LogP contribution in [0.5, 0.6) is 0 Å². The lowest BCUT2D eigenvalue weighted by Gasteiger charge is -2.33. The molecule has 1 amide bonds. The van der Waals surface area contributed by atoms with Crippen molar-refractivity contribution >= 4 is 5.91 Å². The van der Waals surface area contributed by atoms with Crippen LogP contribution in [-0.4, -0.2) is 33.4 Å². The molecule has 4 heteroatoms. The normalized spacial score (nSPS) is 22.4. The van der Waals surface area contributed by atoms with E-state index in [1.165, 1.54) is 25.1 Å². The lowest BCUT2D eigenvalue weighted by molar-refractivity contribution is -0.132. The molecule has 2 fully saturated rings. The van der Waals surface area contributed by atoms with Crippen LogP contribution in [0, 0.1) is 5.92 Å². The topological polar surface area (TPSA) is 38.1 Å². The van der Waals surface area contributed by atoms with Gasteiger partial charge in [0.05, 0.1) is 0 Å². The van der Waals surface area contributed by atoms with Crippen molar-refractivity contribution in [1.29, 1.82) is 0 Å². The summed E-state index contributed by atoms with van der Waals surface area (Å²) in [6.45, 7) is 6.54. The molecule has 0 bridgehead atoms. The maximum absolute atomic E-state index is 12.2. The van der Waals surface area contributed by atoms with E-state index in [1.54, 1.807) is 0 Å². The number of hydrogen-bond acceptors (Lipinski definition) is 2. The highest BCUT2D eigenvalue weighted by Crippen LogP contribution is 2.31. The minimum Gasteiger partial charge on any atom is -0.342 e. The first-order valence-corrected chi connectivity index (χ1v) is 8.67. The van der Waals surface area contributed by atoms with Gasteiger partial charge in [-0.25, -0.2) is 4.98 Å². The summed E-state index contributed by atoms with van der Waals surface area (Å²) >= 11 is 0. The van der Waals surface area contributed by atoms with E-state index in [1.807, 2.05) is 17.2 Å². The van der Waals surface area contributed by atoms with Crippen LogP contribution in [0.4, 0.5) is 0 Å². The molecule has 1 aliphatic carbocycles. The van der Waals surface area contributed by atoms with Gasteiger partial charge in [-0.05, 0) is 38.0 Å². The van der Waals surface area contributed by atoms with Gasteiger partial charge >= 0.3 is 0 Å². The van der Waals surface area contributed by atoms with Gasteiger partial charge in [-0.15, -0.1) is 6.58 Å². The Morgan fingerprint density at radius 1 is 1.36 bits per heavy atom. The van der Waals surface area contributed by atoms with Crippen molar-refractivity contribution in [3.05, 3.63) is 30.9 Å². The molecule has 22 heavy (non-hydrogen) atoms. The molecule has 1 aromatic rings. The smallest absolute Gasteiger partial charge is 0.222 e. The highest BCUT2D eigenvalue weighted by molar-refractivity contribution is 5.76. The van der Waals surface area contributed by atoms with Gasteiger partial charge in [-0.2, -0.15) is 0 Å². The van der Waals surface area contributed by atoms with Crippen LogP contribution in [0.25, 0.3) is 0 Å². The molecule has 1 aliphatic heterocycles. The summed E-state index contributed by atoms with van der Waals surface area (Å²) in [4.78, 5) is 18.9. The van der Waals surface area contributed by atoms with Crippen LogP contribution >= 0.6 is 0 Å². The van der Waals surface area contributed by atoms with Crippen LogP contribution in [0.15, 0.2) is 25.0 Å². The number of allylic oxidation sites excluding steroid dienone is 1. The number of hydrogen-bond donors (Lipinski definition) is 0. The fourth-order valence-electron chi connectivity index (χ4n) is 3.59. The fraction of sp³-hybridized carbons (Fsp3) is 0.667. The van der Waals surface area contributed by atoms with Crippen molar-refractivity contribution in [2.75, 3.05) is 13.1 Å². The summed E-state index contributed by atoms with van der Waals surface area (Å²) in [6.07, 6.45) is 13.5. The summed E-state index contributed by atoms with van der Waals surface area (Å²) in [5.74, 6) is 2.69. The van der Waals surface area contributed by atoms with E-state index in [4.69, 9.17) is 0 Å². The van der Waals surface area contributed by atoms with Crippen LogP contribution in [0.2, 0.25) is 0 Å². The number of nitrogens with zero attached hydrogens (tertiary/aromatic N) is 3. The van der Waals surface area contributed by atoms with Gasteiger partial charge in [0, 0.05) is 44.4 Å². The average Bonchev–Trinajstić information content (AvgIpc) is 2.97. The van der Waals surface area contributed by atoms with Crippen molar-refractivity contribution in [1.82, 2.24) is 14.5 Å². The lowest BCUT2D eigenvalue weighted by Crippen LogP contribution is -2.39. The maximum Gasteiger partial charge on any atom is 0.222 e. The molecule has 0 spiro atoms. The largest absolute Gasteiger partial charge is 0.342 e. The molecular formula is C18H27N3O. The SMILES string of the molecule is C=CCCC(=O)N1CCCC(c2nccn2CC2CCC2)C1. The van der Waals surface area contributed by atoms with Gasteiger partial charge in [0.1, 0.15) is 5.82 Å². The Labute approximate surface area is 133 Å². The molecule has 2 heterocycles. The second-order valence-electron chi connectivity index (χ2n) is 6.74. The van der Waals surface area contributed by atoms with Crippen molar-refractivity contribution in [2.24, 2.45) is 5.92 Å². The first-order chi connectivity index (χ1) is 10.8. The van der Waals surface area contributed by atoms with Crippen LogP contribution in [-0.2, 0) is 11.3 Å². The van der Waals surface area contributed by atoms with E-state index in [-0.39, 0.29) is 5.91 Å². The summed E-state index contributed by atoms with van der Waals surface area (Å²) in [7, 11) is 0. The van der Waals surface area contributed by atoms with Crippen molar-refractivity contribution in [3.63, 3.8) is 0 Å². The Balaban J connectivity index is 1.63. The molecule has 0 radical (unpaired) electrons. The van der Waals surface area contributed by atoms with Gasteiger partial charge < -0.3 is 9.47 Å². The molecule has 0 aromatic carbocycles. The molecule has 0 N–H and O–H groups in total. The zero-order valence-electron chi connectivity index (χ0n) is 13.4. The Hall–Kier alpha value is -1.58. The van der Waals surface area contributed by atoms with E-state index in [0.29, 0.717) is 12.3 Å². The third-order valence-electron chi connectivity index (χ3n) is 5.13. The number of likely N-dealkylation sites (tertiary alicyclic amines) is 1. The number of aromatic nitrogens is 2. The summed E-state index contributed by atoms with van der Waals surface area (Å²) < 4.78 is 2.34. The fourth-order valence-corrected chi connectivity index (χ4v) is 3.59. The summed E-state index contributed by atoms with van der Waals surface area (Å²) in [5, 5.41) is 0. The monoisotopic (exact) mass is 301 g/mol. The quantitative estimate of drug-likeness (QED) is 0.756. The molecule has 1 unspecified atom stereocenters. The summed E-state index contributed by atoms with van der Waals surface area (Å²) in [5.41, 5.74) is 0. The molecular weight excluding hydrogens is 274 g/mol. The zero-order valence-corrected chi connectivity index (χ0v) is 13.4. The molecule has 1 saturated heterocycles. The Bertz CT molecular complexity index is 518. The van der Waals surface area contributed by atoms with Gasteiger partial charge in [0.25, 0.3) is 0 Å². The van der Waals surface area contributed by atoms with E-state index in [9.17, 15) is 4.79 Å². The number of rotatable bonds is 6. The molecule has 2 aliphatic rings. The Kier molecular flexibility index (Phi) is 4.96. The third-order valence-corrected chi connectivity index (χ3v) is 5.13. The van der Waals surface area contributed by atoms with Crippen LogP contribution in [0.1, 0.15) is 56.7 Å². The number of imidazole rings is 1. The standard InChI is InChI=1S/C18H27N3O/c1-2-3-9-17(22)20-11-5-8-16(14-20)18-19-10-12-21(18)13-15-6-4-7-15/h2,10,12,15-16H,1,3-9,11,13-14H2. The minimum absolute atomic E-state index is 0.265. The maximum atomic E-state index is 12.2. The molecule has 120 valence electrons. The second-order valence-corrected chi connectivity index (χ2v) is 6.74. The number of carbonyl (C=O) groups is 1. The number of amides is 1. The van der Waals surface area contributed by atoms with E-state index >= 15 is 0 Å². The Morgan fingerprint density at radius 3 is 2.95 bits per heavy atom. The van der Waals surface area contributed by atoms with E-state index in [0.717, 1.165) is 44.8 Å². The molecule has 4 nitrogen and oxygen atoms in total. The van der Waals surface area contributed by atoms with Gasteiger partial charge in [0.2, 0.25) is 5.91 Å². The van der Waals surface area contributed by atoms with Crippen LogP contribution in [0.3, 0.4) is 0 Å². The third kappa shape index (κ3) is 3.42.